The van der Waals surface area contributed by atoms with Gasteiger partial charge in [-0.1, -0.05) is 72.6 Å². The zero-order valence-electron chi connectivity index (χ0n) is 27.9. The van der Waals surface area contributed by atoms with Crippen molar-refractivity contribution in [1.82, 2.24) is 15.5 Å². The highest BCUT2D eigenvalue weighted by Crippen LogP contribution is 2.38. The van der Waals surface area contributed by atoms with Crippen LogP contribution in [0.4, 0.5) is 9.59 Å². The SMILES string of the molecule is CCCCN(C[C@@H](O[Si](C)(C)C(C)(C)C)[C@H](CC1CCCCC1)NC(=O)OC(C)(C)C)C(=O)NCCCCCC#N. The highest BCUT2D eigenvalue weighted by molar-refractivity contribution is 6.74. The van der Waals surface area contributed by atoms with E-state index >= 15 is 0 Å². The molecule has 1 saturated carbocycles. The summed E-state index contributed by atoms with van der Waals surface area (Å²) in [6.07, 6.45) is 11.1. The van der Waals surface area contributed by atoms with Crippen LogP contribution in [0.3, 0.4) is 0 Å². The lowest BCUT2D eigenvalue weighted by Gasteiger charge is -2.43. The fourth-order valence-electron chi connectivity index (χ4n) is 5.00. The van der Waals surface area contributed by atoms with Gasteiger partial charge in [0.05, 0.1) is 18.2 Å². The van der Waals surface area contributed by atoms with Crippen LogP contribution < -0.4 is 10.6 Å². The number of unbranched alkanes of at least 4 members (excludes halogenated alkanes) is 4. The molecule has 0 bridgehead atoms. The molecule has 238 valence electrons. The molecule has 0 aromatic heterocycles. The second-order valence-electron chi connectivity index (χ2n) is 14.4. The molecule has 0 saturated heterocycles. The summed E-state index contributed by atoms with van der Waals surface area (Å²) in [6, 6.07) is 1.83. The molecular weight excluding hydrogens is 532 g/mol. The lowest BCUT2D eigenvalue weighted by molar-refractivity contribution is 0.0368. The van der Waals surface area contributed by atoms with Crippen LogP contribution in [0.2, 0.25) is 18.1 Å². The molecule has 2 N–H and O–H groups in total. The monoisotopic (exact) mass is 594 g/mol. The van der Waals surface area contributed by atoms with E-state index in [-0.39, 0.29) is 23.2 Å². The van der Waals surface area contributed by atoms with Gasteiger partial charge in [0.1, 0.15) is 5.60 Å². The molecule has 9 heteroatoms. The lowest BCUT2D eigenvalue weighted by atomic mass is 9.83. The van der Waals surface area contributed by atoms with E-state index in [4.69, 9.17) is 14.4 Å². The Kier molecular flexibility index (Phi) is 16.3. The minimum Gasteiger partial charge on any atom is -0.444 e. The Labute approximate surface area is 252 Å². The van der Waals surface area contributed by atoms with Gasteiger partial charge in [0, 0.05) is 26.1 Å². The first-order valence-corrected chi connectivity index (χ1v) is 19.1. The van der Waals surface area contributed by atoms with Gasteiger partial charge in [0.15, 0.2) is 8.32 Å². The van der Waals surface area contributed by atoms with Crippen molar-refractivity contribution >= 4 is 20.4 Å². The fourth-order valence-corrected chi connectivity index (χ4v) is 6.35. The fraction of sp³-hybridized carbons (Fsp3) is 0.906. The minimum absolute atomic E-state index is 0.0213. The van der Waals surface area contributed by atoms with Crippen LogP contribution in [0.1, 0.15) is 126 Å². The van der Waals surface area contributed by atoms with Crippen molar-refractivity contribution in [2.75, 3.05) is 19.6 Å². The minimum atomic E-state index is -2.25. The number of alkyl carbamates (subject to hydrolysis) is 1. The van der Waals surface area contributed by atoms with Crippen LogP contribution in [0.25, 0.3) is 0 Å². The highest BCUT2D eigenvalue weighted by Gasteiger charge is 2.42. The first-order valence-electron chi connectivity index (χ1n) is 16.2. The standard InChI is InChI=1S/C32H62N4O4Si/c1-10-11-23-36(29(37)34-22-18-13-12-17-21-33)25-28(40-41(8,9)32(5,6)7)27(24-26-19-15-14-16-20-26)35-30(38)39-31(2,3)4/h26-28H,10-20,22-25H2,1-9H3,(H,34,37)(H,35,38)/t27-,28+/m0/s1. The number of hydrogen-bond acceptors (Lipinski definition) is 5. The van der Waals surface area contributed by atoms with Gasteiger partial charge >= 0.3 is 12.1 Å². The number of carbonyl (C=O) groups excluding carboxylic acids is 2. The Balaban J connectivity index is 3.27. The van der Waals surface area contributed by atoms with E-state index in [1.54, 1.807) is 0 Å². The van der Waals surface area contributed by atoms with Gasteiger partial charge in [-0.25, -0.2) is 9.59 Å². The second kappa shape index (κ2) is 18.0. The van der Waals surface area contributed by atoms with Crippen molar-refractivity contribution in [3.8, 4) is 6.07 Å². The van der Waals surface area contributed by atoms with Crippen molar-refractivity contribution in [2.45, 2.75) is 161 Å². The summed E-state index contributed by atoms with van der Waals surface area (Å²) in [4.78, 5) is 28.5. The third-order valence-corrected chi connectivity index (χ3v) is 12.9. The zero-order chi connectivity index (χ0) is 31.1. The molecule has 0 aliphatic heterocycles. The number of nitrogens with zero attached hydrogens (tertiary/aromatic N) is 2. The third kappa shape index (κ3) is 15.3. The predicted molar refractivity (Wildman–Crippen MR) is 170 cm³/mol. The van der Waals surface area contributed by atoms with E-state index in [1.807, 2.05) is 25.7 Å². The van der Waals surface area contributed by atoms with Crippen LogP contribution in [-0.4, -0.2) is 62.7 Å². The van der Waals surface area contributed by atoms with Gasteiger partial charge < -0.3 is 24.7 Å². The van der Waals surface area contributed by atoms with Crippen molar-refractivity contribution < 1.29 is 18.8 Å². The van der Waals surface area contributed by atoms with Crippen LogP contribution in [-0.2, 0) is 9.16 Å². The Morgan fingerprint density at radius 2 is 1.68 bits per heavy atom. The molecule has 0 unspecified atom stereocenters. The molecule has 3 amide bonds. The summed E-state index contributed by atoms with van der Waals surface area (Å²) in [5.74, 6) is 0.514. The van der Waals surface area contributed by atoms with Gasteiger partial charge in [-0.15, -0.1) is 0 Å². The Hall–Kier alpha value is -1.79. The smallest absolute Gasteiger partial charge is 0.407 e. The quantitative estimate of drug-likeness (QED) is 0.139. The normalized spacial score (nSPS) is 16.4. The summed E-state index contributed by atoms with van der Waals surface area (Å²) in [6.45, 7) is 20.6. The first-order chi connectivity index (χ1) is 19.1. The molecule has 41 heavy (non-hydrogen) atoms. The average Bonchev–Trinajstić information content (AvgIpc) is 2.86. The van der Waals surface area contributed by atoms with Gasteiger partial charge in [0.2, 0.25) is 0 Å². The number of rotatable bonds is 16. The molecule has 0 spiro atoms. The number of amides is 3. The van der Waals surface area contributed by atoms with Gasteiger partial charge in [-0.2, -0.15) is 5.26 Å². The average molecular weight is 595 g/mol. The Morgan fingerprint density at radius 1 is 1.02 bits per heavy atom. The molecule has 1 aliphatic carbocycles. The molecule has 1 aliphatic rings. The molecule has 0 aromatic carbocycles. The topological polar surface area (TPSA) is 104 Å². The second-order valence-corrected chi connectivity index (χ2v) is 19.2. The third-order valence-electron chi connectivity index (χ3n) is 8.43. The maximum atomic E-state index is 13.5. The van der Waals surface area contributed by atoms with Gasteiger partial charge in [-0.05, 0) is 70.5 Å². The predicted octanol–water partition coefficient (Wildman–Crippen LogP) is 8.14. The van der Waals surface area contributed by atoms with Gasteiger partial charge in [0.25, 0.3) is 0 Å². The molecular formula is C32H62N4O4Si. The summed E-state index contributed by atoms with van der Waals surface area (Å²) < 4.78 is 12.8. The molecule has 2 atom stereocenters. The van der Waals surface area contributed by atoms with Crippen LogP contribution >= 0.6 is 0 Å². The van der Waals surface area contributed by atoms with E-state index < -0.39 is 20.0 Å². The van der Waals surface area contributed by atoms with Crippen molar-refractivity contribution in [3.05, 3.63) is 0 Å². The lowest BCUT2D eigenvalue weighted by Crippen LogP contribution is -2.57. The van der Waals surface area contributed by atoms with Crippen molar-refractivity contribution in [1.29, 1.82) is 5.26 Å². The van der Waals surface area contributed by atoms with Crippen molar-refractivity contribution in [3.63, 3.8) is 0 Å². The zero-order valence-corrected chi connectivity index (χ0v) is 28.9. The van der Waals surface area contributed by atoms with E-state index in [0.717, 1.165) is 51.4 Å². The summed E-state index contributed by atoms with van der Waals surface area (Å²) in [5.41, 5.74) is -0.602. The van der Waals surface area contributed by atoms with E-state index in [9.17, 15) is 9.59 Å². The molecule has 8 nitrogen and oxygen atoms in total. The van der Waals surface area contributed by atoms with E-state index in [2.05, 4.69) is 57.5 Å². The van der Waals surface area contributed by atoms with Crippen LogP contribution in [0.5, 0.6) is 0 Å². The van der Waals surface area contributed by atoms with Crippen molar-refractivity contribution in [2.24, 2.45) is 5.92 Å². The molecule has 0 radical (unpaired) electrons. The summed E-state index contributed by atoms with van der Waals surface area (Å²) in [7, 11) is -2.25. The van der Waals surface area contributed by atoms with Gasteiger partial charge in [-0.3, -0.25) is 0 Å². The summed E-state index contributed by atoms with van der Waals surface area (Å²) >= 11 is 0. The first kappa shape index (κ1) is 37.2. The number of urea groups is 1. The number of carbonyl (C=O) groups is 2. The number of nitrogens with one attached hydrogen (secondary N) is 2. The number of hydrogen-bond donors (Lipinski definition) is 2. The number of nitriles is 1. The van der Waals surface area contributed by atoms with Crippen LogP contribution in [0, 0.1) is 17.2 Å². The van der Waals surface area contributed by atoms with Crippen LogP contribution in [0.15, 0.2) is 0 Å². The Morgan fingerprint density at radius 3 is 2.24 bits per heavy atom. The van der Waals surface area contributed by atoms with E-state index in [1.165, 1.54) is 19.3 Å². The maximum absolute atomic E-state index is 13.5. The largest absolute Gasteiger partial charge is 0.444 e. The van der Waals surface area contributed by atoms with E-state index in [0.29, 0.717) is 32.0 Å². The Bertz CT molecular complexity index is 810. The maximum Gasteiger partial charge on any atom is 0.407 e. The highest BCUT2D eigenvalue weighted by atomic mass is 28.4. The number of ether oxygens (including phenoxy) is 1. The molecule has 0 heterocycles. The molecule has 0 aromatic rings. The molecule has 1 fully saturated rings. The summed E-state index contributed by atoms with van der Waals surface area (Å²) in [5, 5.41) is 15.1. The molecule has 1 rings (SSSR count).